The van der Waals surface area contributed by atoms with Crippen LogP contribution in [0, 0.1) is 5.82 Å². The van der Waals surface area contributed by atoms with E-state index in [4.69, 9.17) is 4.74 Å². The van der Waals surface area contributed by atoms with Crippen molar-refractivity contribution in [2.24, 2.45) is 0 Å². The largest absolute Gasteiger partial charge is 0.493 e. The van der Waals surface area contributed by atoms with Crippen LogP contribution in [0.15, 0.2) is 48.5 Å². The Morgan fingerprint density at radius 3 is 2.41 bits per heavy atom. The highest BCUT2D eigenvalue weighted by Crippen LogP contribution is 2.25. The van der Waals surface area contributed by atoms with Crippen LogP contribution < -0.4 is 10.1 Å². The van der Waals surface area contributed by atoms with Crippen molar-refractivity contribution >= 4 is 22.9 Å². The highest BCUT2D eigenvalue weighted by molar-refractivity contribution is 8.15. The molecule has 1 fully saturated rings. The molecule has 1 heterocycles. The minimum Gasteiger partial charge on any atom is -0.493 e. The van der Waals surface area contributed by atoms with E-state index >= 15 is 0 Å². The zero-order valence-electron chi connectivity index (χ0n) is 14.6. The third-order valence-corrected chi connectivity index (χ3v) is 5.36. The minimum absolute atomic E-state index is 0.0180. The highest BCUT2D eigenvalue weighted by Gasteiger charge is 2.31. The molecule has 2 unspecified atom stereocenters. The molecule has 1 saturated heterocycles. The molecule has 0 radical (unpaired) electrons. The van der Waals surface area contributed by atoms with Gasteiger partial charge in [-0.25, -0.2) is 4.39 Å². The van der Waals surface area contributed by atoms with Gasteiger partial charge < -0.3 is 9.84 Å². The van der Waals surface area contributed by atoms with Gasteiger partial charge in [-0.15, -0.1) is 0 Å². The number of carbonyl (C=O) groups excluding carboxylic acids is 2. The first-order valence-corrected chi connectivity index (χ1v) is 9.52. The van der Waals surface area contributed by atoms with E-state index in [1.54, 1.807) is 12.1 Å². The first kappa shape index (κ1) is 19.4. The van der Waals surface area contributed by atoms with Gasteiger partial charge in [0.25, 0.3) is 5.24 Å². The number of benzene rings is 2. The number of thioether (sulfide) groups is 1. The number of amides is 2. The van der Waals surface area contributed by atoms with E-state index in [9.17, 15) is 19.1 Å². The smallest absolute Gasteiger partial charge is 0.286 e. The monoisotopic (exact) mass is 389 g/mol. The summed E-state index contributed by atoms with van der Waals surface area (Å²) in [6.45, 7) is 0.380. The lowest BCUT2D eigenvalue weighted by Gasteiger charge is -2.17. The summed E-state index contributed by atoms with van der Waals surface area (Å²) in [5.74, 6) is 0.0774. The molecule has 0 saturated carbocycles. The Hall–Kier alpha value is -2.38. The number of hydrogen-bond acceptors (Lipinski definition) is 5. The summed E-state index contributed by atoms with van der Waals surface area (Å²) in [5, 5.41) is 10.9. The molecule has 0 bridgehead atoms. The molecule has 2 aromatic carbocycles. The lowest BCUT2D eigenvalue weighted by atomic mass is 9.97. The van der Waals surface area contributed by atoms with E-state index in [-0.39, 0.29) is 29.5 Å². The van der Waals surface area contributed by atoms with E-state index in [1.807, 2.05) is 24.3 Å². The summed E-state index contributed by atoms with van der Waals surface area (Å²) in [6.07, 6.45) is 0.997. The SMILES string of the molecule is O=C1NC(=O)C(Cc2ccc(OCC(CCO)c3ccc(F)cc3)cc2)S1. The number of carbonyl (C=O) groups is 2. The third kappa shape index (κ3) is 5.30. The number of aliphatic hydroxyl groups excluding tert-OH is 1. The van der Waals surface area contributed by atoms with Crippen molar-refractivity contribution < 1.29 is 23.8 Å². The van der Waals surface area contributed by atoms with E-state index in [0.29, 0.717) is 25.2 Å². The van der Waals surface area contributed by atoms with Crippen LogP contribution in [-0.2, 0) is 11.2 Å². The van der Waals surface area contributed by atoms with Gasteiger partial charge in [-0.05, 0) is 48.2 Å². The third-order valence-electron chi connectivity index (χ3n) is 4.38. The number of aliphatic hydroxyl groups is 1. The van der Waals surface area contributed by atoms with Crippen LogP contribution in [0.1, 0.15) is 23.5 Å². The summed E-state index contributed by atoms with van der Waals surface area (Å²) in [5.41, 5.74) is 1.85. The zero-order chi connectivity index (χ0) is 19.2. The van der Waals surface area contributed by atoms with Gasteiger partial charge in [0.05, 0.1) is 11.9 Å². The van der Waals surface area contributed by atoms with E-state index < -0.39 is 5.25 Å². The molecule has 3 rings (SSSR count). The Kier molecular flexibility index (Phi) is 6.47. The maximum absolute atomic E-state index is 13.1. The highest BCUT2D eigenvalue weighted by atomic mass is 32.2. The van der Waals surface area contributed by atoms with Gasteiger partial charge in [0.15, 0.2) is 0 Å². The lowest BCUT2D eigenvalue weighted by Crippen LogP contribution is -2.25. The van der Waals surface area contributed by atoms with Crippen LogP contribution in [-0.4, -0.2) is 34.7 Å². The van der Waals surface area contributed by atoms with Gasteiger partial charge in [0, 0.05) is 12.5 Å². The van der Waals surface area contributed by atoms with Crippen molar-refractivity contribution in [3.8, 4) is 5.75 Å². The topological polar surface area (TPSA) is 75.6 Å². The fourth-order valence-electron chi connectivity index (χ4n) is 2.90. The molecule has 1 aliphatic heterocycles. The van der Waals surface area contributed by atoms with Crippen LogP contribution in [0.4, 0.5) is 9.18 Å². The summed E-state index contributed by atoms with van der Waals surface area (Å²) in [7, 11) is 0. The predicted molar refractivity (Wildman–Crippen MR) is 101 cm³/mol. The van der Waals surface area contributed by atoms with Crippen molar-refractivity contribution in [3.63, 3.8) is 0 Å². The second kappa shape index (κ2) is 9.01. The molecule has 2 N–H and O–H groups in total. The molecule has 0 spiro atoms. The van der Waals surface area contributed by atoms with E-state index in [2.05, 4.69) is 5.32 Å². The second-order valence-corrected chi connectivity index (χ2v) is 7.48. The lowest BCUT2D eigenvalue weighted by molar-refractivity contribution is -0.118. The summed E-state index contributed by atoms with van der Waals surface area (Å²) >= 11 is 1.01. The Morgan fingerprint density at radius 2 is 1.81 bits per heavy atom. The molecular formula is C20H20FNO4S. The molecule has 2 aromatic rings. The van der Waals surface area contributed by atoms with E-state index in [1.165, 1.54) is 12.1 Å². The average Bonchev–Trinajstić information content (AvgIpc) is 2.97. The Balaban J connectivity index is 1.57. The predicted octanol–water partition coefficient (Wildman–Crippen LogP) is 3.26. The average molecular weight is 389 g/mol. The number of rotatable bonds is 8. The maximum Gasteiger partial charge on any atom is 0.286 e. The van der Waals surface area contributed by atoms with Gasteiger partial charge >= 0.3 is 0 Å². The summed E-state index contributed by atoms with van der Waals surface area (Å²) in [4.78, 5) is 22.8. The Labute approximate surface area is 160 Å². The van der Waals surface area contributed by atoms with Gasteiger partial charge in [0.1, 0.15) is 11.6 Å². The van der Waals surface area contributed by atoms with E-state index in [0.717, 1.165) is 22.9 Å². The minimum atomic E-state index is -0.392. The molecular weight excluding hydrogens is 369 g/mol. The van der Waals surface area contributed by atoms with Crippen molar-refractivity contribution in [2.75, 3.05) is 13.2 Å². The van der Waals surface area contributed by atoms with Crippen molar-refractivity contribution in [3.05, 3.63) is 65.5 Å². The summed E-state index contributed by atoms with van der Waals surface area (Å²) < 4.78 is 18.9. The standard InChI is InChI=1S/C20H20FNO4S/c21-16-5-3-14(4-6-16)15(9-10-23)12-26-17-7-1-13(2-8-17)11-18-19(24)22-20(25)27-18/h1-8,15,18,23H,9-12H2,(H,22,24,25). The fraction of sp³-hybridized carbons (Fsp3) is 0.300. The molecule has 7 heteroatoms. The summed E-state index contributed by atoms with van der Waals surface area (Å²) in [6, 6.07) is 13.6. The maximum atomic E-state index is 13.1. The first-order chi connectivity index (χ1) is 13.0. The van der Waals surface area contributed by atoms with Crippen LogP contribution >= 0.6 is 11.8 Å². The van der Waals surface area contributed by atoms with Crippen LogP contribution in [0.3, 0.4) is 0 Å². The Bertz CT molecular complexity index is 795. The van der Waals surface area contributed by atoms with Gasteiger partial charge in [-0.3, -0.25) is 14.9 Å². The van der Waals surface area contributed by atoms with Gasteiger partial charge in [-0.2, -0.15) is 0 Å². The molecule has 5 nitrogen and oxygen atoms in total. The number of ether oxygens (including phenoxy) is 1. The van der Waals surface area contributed by atoms with Crippen LogP contribution in [0.2, 0.25) is 0 Å². The number of nitrogens with one attached hydrogen (secondary N) is 1. The quantitative estimate of drug-likeness (QED) is 0.725. The van der Waals surface area contributed by atoms with Crippen LogP contribution in [0.5, 0.6) is 5.75 Å². The molecule has 27 heavy (non-hydrogen) atoms. The number of hydrogen-bond donors (Lipinski definition) is 2. The normalized spacial score (nSPS) is 17.6. The van der Waals surface area contributed by atoms with Crippen LogP contribution in [0.25, 0.3) is 0 Å². The van der Waals surface area contributed by atoms with Crippen molar-refractivity contribution in [2.45, 2.75) is 24.0 Å². The first-order valence-electron chi connectivity index (χ1n) is 8.64. The molecule has 0 aliphatic carbocycles. The fourth-order valence-corrected chi connectivity index (χ4v) is 3.76. The Morgan fingerprint density at radius 1 is 1.11 bits per heavy atom. The number of halogens is 1. The molecule has 1 aliphatic rings. The second-order valence-electron chi connectivity index (χ2n) is 6.30. The molecule has 142 valence electrons. The molecule has 2 atom stereocenters. The van der Waals surface area contributed by atoms with Crippen molar-refractivity contribution in [1.82, 2.24) is 5.32 Å². The zero-order valence-corrected chi connectivity index (χ0v) is 15.4. The van der Waals surface area contributed by atoms with Gasteiger partial charge in [-0.1, -0.05) is 36.0 Å². The molecule has 0 aromatic heterocycles. The van der Waals surface area contributed by atoms with Crippen molar-refractivity contribution in [1.29, 1.82) is 0 Å². The van der Waals surface area contributed by atoms with Gasteiger partial charge in [0.2, 0.25) is 5.91 Å². The molecule has 2 amide bonds. The number of imide groups is 1.